The maximum Gasteiger partial charge on any atom is 0.0778 e. The Hall–Kier alpha value is 0.400. The number of nitrogens with zero attached hydrogens (tertiary/aromatic N) is 1. The van der Waals surface area contributed by atoms with Crippen molar-refractivity contribution >= 4 is 15.9 Å². The molecule has 72 valence electrons. The highest BCUT2D eigenvalue weighted by Crippen LogP contribution is 2.23. The minimum absolute atomic E-state index is 0.0143. The Morgan fingerprint density at radius 3 is 2.83 bits per heavy atom. The molecule has 1 aliphatic heterocycles. The van der Waals surface area contributed by atoms with Gasteiger partial charge in [-0.3, -0.25) is 4.90 Å². The first kappa shape index (κ1) is 10.5. The average molecular weight is 236 g/mol. The molecular weight excluding hydrogens is 218 g/mol. The molecule has 0 aliphatic carbocycles. The maximum atomic E-state index is 5.70. The lowest BCUT2D eigenvalue weighted by molar-refractivity contribution is -0.119. The molecule has 0 aromatic carbocycles. The van der Waals surface area contributed by atoms with E-state index in [1.54, 1.807) is 0 Å². The fourth-order valence-electron chi connectivity index (χ4n) is 1.59. The zero-order valence-electron chi connectivity index (χ0n) is 8.14. The largest absolute Gasteiger partial charge is 0.373 e. The summed E-state index contributed by atoms with van der Waals surface area (Å²) in [6.45, 7) is 9.62. The molecule has 0 spiro atoms. The molecule has 0 bridgehead atoms. The topological polar surface area (TPSA) is 12.5 Å². The van der Waals surface area contributed by atoms with Crippen LogP contribution in [0.3, 0.4) is 0 Å². The molecule has 1 aliphatic rings. The van der Waals surface area contributed by atoms with Crippen molar-refractivity contribution in [2.45, 2.75) is 32.4 Å². The molecule has 0 aromatic rings. The highest BCUT2D eigenvalue weighted by molar-refractivity contribution is 9.09. The van der Waals surface area contributed by atoms with Crippen molar-refractivity contribution in [2.75, 3.05) is 25.0 Å². The summed E-state index contributed by atoms with van der Waals surface area (Å²) in [5.41, 5.74) is 0.0143. The van der Waals surface area contributed by atoms with Gasteiger partial charge in [-0.1, -0.05) is 15.9 Å². The number of halogens is 1. The standard InChI is InChI=1S/C9H18BrNO/c1-8-9(2,3)12-7-6-11(8)5-4-10/h8H,4-7H2,1-3H3. The quantitative estimate of drug-likeness (QED) is 0.679. The summed E-state index contributed by atoms with van der Waals surface area (Å²) in [7, 11) is 0. The molecule has 1 fully saturated rings. The van der Waals surface area contributed by atoms with Crippen LogP contribution in [0.1, 0.15) is 20.8 Å². The highest BCUT2D eigenvalue weighted by atomic mass is 79.9. The molecule has 1 heterocycles. The van der Waals surface area contributed by atoms with Gasteiger partial charge in [-0.2, -0.15) is 0 Å². The number of ether oxygens (including phenoxy) is 1. The molecule has 0 N–H and O–H groups in total. The molecule has 3 heteroatoms. The molecule has 1 saturated heterocycles. The third kappa shape index (κ3) is 2.21. The van der Waals surface area contributed by atoms with Gasteiger partial charge in [-0.25, -0.2) is 0 Å². The van der Waals surface area contributed by atoms with Gasteiger partial charge in [0.05, 0.1) is 12.2 Å². The lowest BCUT2D eigenvalue weighted by atomic mass is 9.97. The summed E-state index contributed by atoms with van der Waals surface area (Å²) < 4.78 is 5.70. The number of hydrogen-bond donors (Lipinski definition) is 0. The van der Waals surface area contributed by atoms with Crippen LogP contribution in [0.2, 0.25) is 0 Å². The van der Waals surface area contributed by atoms with Crippen LogP contribution in [0.4, 0.5) is 0 Å². The third-order valence-corrected chi connectivity index (χ3v) is 3.13. The third-order valence-electron chi connectivity index (χ3n) is 2.78. The minimum atomic E-state index is 0.0143. The molecule has 0 amide bonds. The van der Waals surface area contributed by atoms with Gasteiger partial charge >= 0.3 is 0 Å². The second-order valence-electron chi connectivity index (χ2n) is 3.85. The predicted molar refractivity (Wildman–Crippen MR) is 54.9 cm³/mol. The Morgan fingerprint density at radius 2 is 2.25 bits per heavy atom. The van der Waals surface area contributed by atoms with Gasteiger partial charge in [-0.05, 0) is 20.8 Å². The Bertz CT molecular complexity index is 147. The van der Waals surface area contributed by atoms with Crippen molar-refractivity contribution in [3.05, 3.63) is 0 Å². The van der Waals surface area contributed by atoms with Crippen molar-refractivity contribution in [3.63, 3.8) is 0 Å². The zero-order chi connectivity index (χ0) is 9.19. The van der Waals surface area contributed by atoms with Crippen molar-refractivity contribution in [3.8, 4) is 0 Å². The lowest BCUT2D eigenvalue weighted by Gasteiger charge is -2.44. The summed E-state index contributed by atoms with van der Waals surface area (Å²) in [4.78, 5) is 2.47. The molecule has 12 heavy (non-hydrogen) atoms. The van der Waals surface area contributed by atoms with Gasteiger partial charge in [0.25, 0.3) is 0 Å². The first-order valence-electron chi connectivity index (χ1n) is 4.52. The predicted octanol–water partition coefficient (Wildman–Crippen LogP) is 1.88. The van der Waals surface area contributed by atoms with Crippen LogP contribution in [0.5, 0.6) is 0 Å². The van der Waals surface area contributed by atoms with Crippen molar-refractivity contribution in [1.29, 1.82) is 0 Å². The molecule has 0 radical (unpaired) electrons. The molecule has 1 unspecified atom stereocenters. The molecule has 1 atom stereocenters. The van der Waals surface area contributed by atoms with E-state index in [0.717, 1.165) is 25.0 Å². The van der Waals surface area contributed by atoms with Crippen molar-refractivity contribution in [1.82, 2.24) is 4.90 Å². The van der Waals surface area contributed by atoms with Crippen LogP contribution >= 0.6 is 15.9 Å². The van der Waals surface area contributed by atoms with Crippen LogP contribution in [0.25, 0.3) is 0 Å². The van der Waals surface area contributed by atoms with Crippen LogP contribution in [0, 0.1) is 0 Å². The van der Waals surface area contributed by atoms with E-state index < -0.39 is 0 Å². The summed E-state index contributed by atoms with van der Waals surface area (Å²) in [5, 5.41) is 1.05. The van der Waals surface area contributed by atoms with Crippen LogP contribution < -0.4 is 0 Å². The zero-order valence-corrected chi connectivity index (χ0v) is 9.73. The van der Waals surface area contributed by atoms with E-state index in [1.807, 2.05) is 0 Å². The van der Waals surface area contributed by atoms with Crippen LogP contribution in [-0.4, -0.2) is 41.6 Å². The second-order valence-corrected chi connectivity index (χ2v) is 4.65. The summed E-state index contributed by atoms with van der Waals surface area (Å²) >= 11 is 3.47. The van der Waals surface area contributed by atoms with E-state index in [9.17, 15) is 0 Å². The summed E-state index contributed by atoms with van der Waals surface area (Å²) in [5.74, 6) is 0. The fraction of sp³-hybridized carbons (Fsp3) is 1.00. The Morgan fingerprint density at radius 1 is 1.58 bits per heavy atom. The summed E-state index contributed by atoms with van der Waals surface area (Å²) in [6, 6.07) is 0.517. The van der Waals surface area contributed by atoms with Gasteiger partial charge in [0.15, 0.2) is 0 Å². The number of rotatable bonds is 2. The Balaban J connectivity index is 2.54. The lowest BCUT2D eigenvalue weighted by Crippen LogP contribution is -2.55. The minimum Gasteiger partial charge on any atom is -0.373 e. The van der Waals surface area contributed by atoms with E-state index in [-0.39, 0.29) is 5.60 Å². The van der Waals surface area contributed by atoms with Gasteiger partial charge in [0.2, 0.25) is 0 Å². The highest BCUT2D eigenvalue weighted by Gasteiger charge is 2.34. The maximum absolute atomic E-state index is 5.70. The van der Waals surface area contributed by atoms with Gasteiger partial charge in [0, 0.05) is 24.5 Å². The van der Waals surface area contributed by atoms with Gasteiger partial charge in [-0.15, -0.1) is 0 Å². The molecule has 0 aromatic heterocycles. The number of hydrogen-bond acceptors (Lipinski definition) is 2. The van der Waals surface area contributed by atoms with Crippen LogP contribution in [0.15, 0.2) is 0 Å². The van der Waals surface area contributed by atoms with Gasteiger partial charge in [0.1, 0.15) is 0 Å². The molecular formula is C9H18BrNO. The summed E-state index contributed by atoms with van der Waals surface area (Å²) in [6.07, 6.45) is 0. The van der Waals surface area contributed by atoms with E-state index >= 15 is 0 Å². The second kappa shape index (κ2) is 4.07. The number of alkyl halides is 1. The first-order valence-corrected chi connectivity index (χ1v) is 5.64. The van der Waals surface area contributed by atoms with Crippen molar-refractivity contribution in [2.24, 2.45) is 0 Å². The smallest absolute Gasteiger partial charge is 0.0778 e. The molecule has 1 rings (SSSR count). The Labute approximate surface area is 83.4 Å². The first-order chi connectivity index (χ1) is 5.58. The average Bonchev–Trinajstić information content (AvgIpc) is 1.99. The van der Waals surface area contributed by atoms with E-state index in [2.05, 4.69) is 41.6 Å². The normalized spacial score (nSPS) is 30.5. The van der Waals surface area contributed by atoms with E-state index in [1.165, 1.54) is 0 Å². The van der Waals surface area contributed by atoms with E-state index in [0.29, 0.717) is 6.04 Å². The SMILES string of the molecule is CC1N(CCBr)CCOC1(C)C. The molecule has 0 saturated carbocycles. The van der Waals surface area contributed by atoms with Crippen LogP contribution in [-0.2, 0) is 4.74 Å². The monoisotopic (exact) mass is 235 g/mol. The van der Waals surface area contributed by atoms with E-state index in [4.69, 9.17) is 4.74 Å². The fourth-order valence-corrected chi connectivity index (χ4v) is 2.05. The molecule has 2 nitrogen and oxygen atoms in total. The number of morpholine rings is 1. The Kier molecular flexibility index (Phi) is 3.56. The van der Waals surface area contributed by atoms with Gasteiger partial charge < -0.3 is 4.74 Å². The van der Waals surface area contributed by atoms with Crippen molar-refractivity contribution < 1.29 is 4.74 Å².